The van der Waals surface area contributed by atoms with Gasteiger partial charge in [0.1, 0.15) is 11.6 Å². The largest absolute Gasteiger partial charge is 0.396 e. The fourth-order valence-corrected chi connectivity index (χ4v) is 2.62. The molecule has 0 bridgehead atoms. The van der Waals surface area contributed by atoms with Gasteiger partial charge in [-0.1, -0.05) is 13.8 Å². The quantitative estimate of drug-likeness (QED) is 0.293. The summed E-state index contributed by atoms with van der Waals surface area (Å²) in [7, 11) is 0. The molecule has 0 radical (unpaired) electrons. The van der Waals surface area contributed by atoms with Crippen molar-refractivity contribution in [3.05, 3.63) is 35.4 Å². The van der Waals surface area contributed by atoms with Gasteiger partial charge in [0.15, 0.2) is 5.96 Å². The highest BCUT2D eigenvalue weighted by atomic mass is 127. The van der Waals surface area contributed by atoms with Crippen LogP contribution in [0.25, 0.3) is 0 Å². The molecular formula is C18H30F2IN3O. The molecule has 0 aliphatic carbocycles. The molecule has 0 amide bonds. The molecule has 1 aromatic carbocycles. The van der Waals surface area contributed by atoms with Crippen LogP contribution in [0.3, 0.4) is 0 Å². The van der Waals surface area contributed by atoms with E-state index < -0.39 is 11.6 Å². The van der Waals surface area contributed by atoms with Gasteiger partial charge in [-0.2, -0.15) is 0 Å². The van der Waals surface area contributed by atoms with Crippen LogP contribution < -0.4 is 10.6 Å². The van der Waals surface area contributed by atoms with E-state index in [0.717, 1.165) is 31.0 Å². The van der Waals surface area contributed by atoms with Crippen molar-refractivity contribution >= 4 is 29.9 Å². The number of hydrogen-bond acceptors (Lipinski definition) is 2. The Morgan fingerprint density at radius 1 is 1.16 bits per heavy atom. The molecule has 0 unspecified atom stereocenters. The van der Waals surface area contributed by atoms with Gasteiger partial charge in [-0.25, -0.2) is 13.8 Å². The van der Waals surface area contributed by atoms with Gasteiger partial charge in [-0.15, -0.1) is 24.0 Å². The Bertz CT molecular complexity index is 537. The Morgan fingerprint density at radius 3 is 2.40 bits per heavy atom. The van der Waals surface area contributed by atoms with E-state index in [0.29, 0.717) is 25.5 Å². The summed E-state index contributed by atoms with van der Waals surface area (Å²) in [5.41, 5.74) is 0.217. The topological polar surface area (TPSA) is 56.7 Å². The monoisotopic (exact) mass is 469 g/mol. The molecule has 0 aliphatic rings. The molecular weight excluding hydrogens is 439 g/mol. The van der Waals surface area contributed by atoms with Gasteiger partial charge in [0.25, 0.3) is 0 Å². The van der Waals surface area contributed by atoms with Gasteiger partial charge in [-0.3, -0.25) is 0 Å². The summed E-state index contributed by atoms with van der Waals surface area (Å²) in [6.45, 7) is 7.69. The number of aliphatic hydroxyl groups excluding tert-OH is 1. The Kier molecular flexibility index (Phi) is 11.9. The second kappa shape index (κ2) is 12.4. The average molecular weight is 469 g/mol. The lowest BCUT2D eigenvalue weighted by molar-refractivity contribution is 0.169. The number of hydrogen-bond donors (Lipinski definition) is 3. The number of nitrogens with one attached hydrogen (secondary N) is 2. The summed E-state index contributed by atoms with van der Waals surface area (Å²) in [6.07, 6.45) is 2.59. The smallest absolute Gasteiger partial charge is 0.191 e. The molecule has 0 aliphatic heterocycles. The normalized spacial score (nSPS) is 11.8. The van der Waals surface area contributed by atoms with Gasteiger partial charge < -0.3 is 15.7 Å². The van der Waals surface area contributed by atoms with Gasteiger partial charge >= 0.3 is 0 Å². The van der Waals surface area contributed by atoms with E-state index in [1.807, 2.05) is 6.92 Å². The fraction of sp³-hybridized carbons (Fsp3) is 0.611. The first kappa shape index (κ1) is 24.0. The van der Waals surface area contributed by atoms with Crippen molar-refractivity contribution in [1.29, 1.82) is 0 Å². The zero-order valence-electron chi connectivity index (χ0n) is 15.2. The van der Waals surface area contributed by atoms with Crippen molar-refractivity contribution < 1.29 is 13.9 Å². The van der Waals surface area contributed by atoms with E-state index in [2.05, 4.69) is 29.5 Å². The van der Waals surface area contributed by atoms with Crippen LogP contribution in [-0.2, 0) is 6.54 Å². The Labute approximate surface area is 166 Å². The molecule has 0 aromatic heterocycles. The van der Waals surface area contributed by atoms with Crippen LogP contribution in [0, 0.1) is 17.0 Å². The Balaban J connectivity index is 0.00000576. The third kappa shape index (κ3) is 7.85. The van der Waals surface area contributed by atoms with Crippen LogP contribution in [0.4, 0.5) is 8.78 Å². The Morgan fingerprint density at radius 2 is 1.84 bits per heavy atom. The average Bonchev–Trinajstić information content (AvgIpc) is 2.59. The minimum Gasteiger partial charge on any atom is -0.396 e. The third-order valence-corrected chi connectivity index (χ3v) is 4.53. The van der Waals surface area contributed by atoms with E-state index in [1.54, 1.807) is 0 Å². The molecule has 0 saturated carbocycles. The standard InChI is InChI=1S/C18H29F2N3O.HI/c1-4-18(5-2,9-10-24)13-23-17(21-6-3)22-12-14-11-15(19)7-8-16(14)20;/h7-8,11,24H,4-6,9-10,12-13H2,1-3H3,(H2,21,22,23);1H. The van der Waals surface area contributed by atoms with Crippen molar-refractivity contribution in [2.45, 2.75) is 46.6 Å². The molecule has 0 fully saturated rings. The minimum atomic E-state index is -0.474. The van der Waals surface area contributed by atoms with Crippen LogP contribution >= 0.6 is 24.0 Å². The fourth-order valence-electron chi connectivity index (χ4n) is 2.62. The van der Waals surface area contributed by atoms with Gasteiger partial charge in [0, 0.05) is 25.3 Å². The summed E-state index contributed by atoms with van der Waals surface area (Å²) in [5.74, 6) is -0.378. The first-order valence-electron chi connectivity index (χ1n) is 8.57. The van der Waals surface area contributed by atoms with Crippen molar-refractivity contribution in [3.63, 3.8) is 0 Å². The first-order valence-corrected chi connectivity index (χ1v) is 8.57. The van der Waals surface area contributed by atoms with Gasteiger partial charge in [0.2, 0.25) is 0 Å². The lowest BCUT2D eigenvalue weighted by Gasteiger charge is -2.32. The molecule has 1 aromatic rings. The zero-order chi connectivity index (χ0) is 18.0. The number of benzene rings is 1. The van der Waals surface area contributed by atoms with Crippen LogP contribution in [0.5, 0.6) is 0 Å². The molecule has 4 nitrogen and oxygen atoms in total. The highest BCUT2D eigenvalue weighted by Crippen LogP contribution is 2.29. The highest BCUT2D eigenvalue weighted by molar-refractivity contribution is 14.0. The lowest BCUT2D eigenvalue weighted by Crippen LogP contribution is -2.43. The molecule has 1 rings (SSSR count). The second-order valence-electron chi connectivity index (χ2n) is 5.97. The summed E-state index contributed by atoms with van der Waals surface area (Å²) in [6, 6.07) is 3.37. The summed E-state index contributed by atoms with van der Waals surface area (Å²) < 4.78 is 26.9. The Hall–Kier alpha value is -0.960. The van der Waals surface area contributed by atoms with Crippen molar-refractivity contribution in [2.75, 3.05) is 19.7 Å². The van der Waals surface area contributed by atoms with Gasteiger partial charge in [-0.05, 0) is 49.8 Å². The lowest BCUT2D eigenvalue weighted by atomic mass is 9.79. The number of halogens is 3. The van der Waals surface area contributed by atoms with Crippen LogP contribution in [0.2, 0.25) is 0 Å². The summed E-state index contributed by atoms with van der Waals surface area (Å²) >= 11 is 0. The maximum absolute atomic E-state index is 13.7. The maximum atomic E-state index is 13.7. The third-order valence-electron chi connectivity index (χ3n) is 4.53. The number of aliphatic imine (C=N–C) groups is 1. The summed E-state index contributed by atoms with van der Waals surface area (Å²) in [5, 5.41) is 15.7. The predicted molar refractivity (Wildman–Crippen MR) is 109 cm³/mol. The number of nitrogens with zero attached hydrogens (tertiary/aromatic N) is 1. The number of rotatable bonds is 9. The molecule has 25 heavy (non-hydrogen) atoms. The summed E-state index contributed by atoms with van der Waals surface area (Å²) in [4.78, 5) is 4.34. The van der Waals surface area contributed by atoms with E-state index in [4.69, 9.17) is 0 Å². The molecule has 144 valence electrons. The van der Waals surface area contributed by atoms with Crippen molar-refractivity contribution in [2.24, 2.45) is 10.4 Å². The van der Waals surface area contributed by atoms with E-state index in [1.165, 1.54) is 0 Å². The van der Waals surface area contributed by atoms with Crippen LogP contribution in [0.1, 0.15) is 45.6 Å². The molecule has 7 heteroatoms. The minimum absolute atomic E-state index is 0. The van der Waals surface area contributed by atoms with Crippen molar-refractivity contribution in [1.82, 2.24) is 10.6 Å². The number of guanidine groups is 1. The molecule has 0 heterocycles. The molecule has 3 N–H and O–H groups in total. The van der Waals surface area contributed by atoms with Gasteiger partial charge in [0.05, 0.1) is 6.54 Å². The van der Waals surface area contributed by atoms with Crippen LogP contribution in [0.15, 0.2) is 23.2 Å². The predicted octanol–water partition coefficient (Wildman–Crippen LogP) is 3.83. The molecule has 0 saturated heterocycles. The highest BCUT2D eigenvalue weighted by Gasteiger charge is 2.25. The zero-order valence-corrected chi connectivity index (χ0v) is 17.6. The van der Waals surface area contributed by atoms with Crippen molar-refractivity contribution in [3.8, 4) is 0 Å². The maximum Gasteiger partial charge on any atom is 0.191 e. The first-order chi connectivity index (χ1) is 11.5. The number of aliphatic hydroxyl groups is 1. The SMILES string of the molecule is CCNC(=NCc1cc(F)ccc1F)NCC(CC)(CC)CCO.I. The molecule has 0 spiro atoms. The van der Waals surface area contributed by atoms with E-state index >= 15 is 0 Å². The second-order valence-corrected chi connectivity index (χ2v) is 5.97. The van der Waals surface area contributed by atoms with E-state index in [9.17, 15) is 13.9 Å². The van der Waals surface area contributed by atoms with E-state index in [-0.39, 0.29) is 48.1 Å². The van der Waals surface area contributed by atoms with Crippen LogP contribution in [-0.4, -0.2) is 30.8 Å². The molecule has 0 atom stereocenters.